The molecule has 0 spiro atoms. The van der Waals surface area contributed by atoms with E-state index in [9.17, 15) is 0 Å². The van der Waals surface area contributed by atoms with E-state index in [1.54, 1.807) is 0 Å². The van der Waals surface area contributed by atoms with Crippen LogP contribution in [0.5, 0.6) is 5.75 Å². The number of fused-ring (bicyclic) bond motifs is 1. The molecular formula is C15H21NO. The van der Waals surface area contributed by atoms with Crippen LogP contribution in [0.2, 0.25) is 0 Å². The van der Waals surface area contributed by atoms with Gasteiger partial charge in [0.1, 0.15) is 5.75 Å². The van der Waals surface area contributed by atoms with Gasteiger partial charge in [0.25, 0.3) is 0 Å². The minimum absolute atomic E-state index is 0.796. The van der Waals surface area contributed by atoms with Gasteiger partial charge in [-0.1, -0.05) is 12.8 Å². The summed E-state index contributed by atoms with van der Waals surface area (Å²) in [5.74, 6) is 1.85. The number of nitrogens with one attached hydrogen (secondary N) is 1. The van der Waals surface area contributed by atoms with Crippen LogP contribution in [-0.4, -0.2) is 13.2 Å². The fourth-order valence-corrected chi connectivity index (χ4v) is 2.93. The molecule has 0 amide bonds. The zero-order valence-corrected chi connectivity index (χ0v) is 10.4. The van der Waals surface area contributed by atoms with Gasteiger partial charge in [-0.25, -0.2) is 0 Å². The molecule has 92 valence electrons. The Balaban J connectivity index is 1.62. The Hall–Kier alpha value is -1.18. The number of benzene rings is 1. The van der Waals surface area contributed by atoms with Crippen LogP contribution >= 0.6 is 0 Å². The van der Waals surface area contributed by atoms with Gasteiger partial charge in [0, 0.05) is 12.2 Å². The third-order valence-corrected chi connectivity index (χ3v) is 3.98. The maximum Gasteiger partial charge on any atom is 0.119 e. The van der Waals surface area contributed by atoms with Crippen LogP contribution in [-0.2, 0) is 6.42 Å². The number of anilines is 1. The molecule has 1 aliphatic heterocycles. The highest BCUT2D eigenvalue weighted by Crippen LogP contribution is 2.28. The van der Waals surface area contributed by atoms with E-state index >= 15 is 0 Å². The Labute approximate surface area is 103 Å². The van der Waals surface area contributed by atoms with Crippen molar-refractivity contribution in [2.75, 3.05) is 18.5 Å². The fourth-order valence-electron chi connectivity index (χ4n) is 2.93. The molecule has 2 nitrogen and oxygen atoms in total. The van der Waals surface area contributed by atoms with Crippen LogP contribution in [0.25, 0.3) is 0 Å². The van der Waals surface area contributed by atoms with E-state index in [-0.39, 0.29) is 0 Å². The van der Waals surface area contributed by atoms with E-state index in [0.717, 1.165) is 24.8 Å². The molecule has 0 unspecified atom stereocenters. The average molecular weight is 231 g/mol. The van der Waals surface area contributed by atoms with Crippen molar-refractivity contribution in [1.29, 1.82) is 0 Å². The molecule has 1 saturated carbocycles. The van der Waals surface area contributed by atoms with E-state index < -0.39 is 0 Å². The van der Waals surface area contributed by atoms with Crippen LogP contribution < -0.4 is 10.1 Å². The first-order valence-electron chi connectivity index (χ1n) is 6.91. The summed E-state index contributed by atoms with van der Waals surface area (Å²) in [4.78, 5) is 0. The number of rotatable bonds is 3. The predicted octanol–water partition coefficient (Wildman–Crippen LogP) is 3.61. The molecule has 17 heavy (non-hydrogen) atoms. The molecule has 0 radical (unpaired) electrons. The summed E-state index contributed by atoms with van der Waals surface area (Å²) in [6.45, 7) is 2.02. The van der Waals surface area contributed by atoms with Gasteiger partial charge in [-0.2, -0.15) is 0 Å². The third-order valence-electron chi connectivity index (χ3n) is 3.98. The molecule has 3 rings (SSSR count). The van der Waals surface area contributed by atoms with E-state index in [1.165, 1.54) is 49.8 Å². The first-order valence-corrected chi connectivity index (χ1v) is 6.91. The van der Waals surface area contributed by atoms with Gasteiger partial charge in [-0.15, -0.1) is 0 Å². The van der Waals surface area contributed by atoms with Crippen molar-refractivity contribution in [3.63, 3.8) is 0 Å². The standard InChI is InChI=1S/C15H21NO/c1-2-5-12(4-1)11-17-14-7-8-15-13(10-14)6-3-9-16-15/h7-8,10,12,16H,1-6,9,11H2. The second-order valence-electron chi connectivity index (χ2n) is 5.31. The summed E-state index contributed by atoms with van der Waals surface area (Å²) >= 11 is 0. The fraction of sp³-hybridized carbons (Fsp3) is 0.600. The summed E-state index contributed by atoms with van der Waals surface area (Å²) in [6, 6.07) is 6.49. The molecule has 0 aromatic heterocycles. The summed E-state index contributed by atoms with van der Waals surface area (Å²) < 4.78 is 5.93. The maximum atomic E-state index is 5.93. The summed E-state index contributed by atoms with van der Waals surface area (Å²) in [5, 5.41) is 3.43. The summed E-state index contributed by atoms with van der Waals surface area (Å²) in [6.07, 6.45) is 7.91. The van der Waals surface area contributed by atoms with Crippen molar-refractivity contribution in [3.8, 4) is 5.75 Å². The Morgan fingerprint density at radius 2 is 2.06 bits per heavy atom. The van der Waals surface area contributed by atoms with Crippen molar-refractivity contribution in [1.82, 2.24) is 0 Å². The second kappa shape index (κ2) is 4.99. The first-order chi connectivity index (χ1) is 8.42. The maximum absolute atomic E-state index is 5.93. The average Bonchev–Trinajstić information content (AvgIpc) is 2.89. The van der Waals surface area contributed by atoms with Gasteiger partial charge in [0.2, 0.25) is 0 Å². The minimum atomic E-state index is 0.796. The summed E-state index contributed by atoms with van der Waals surface area (Å²) in [7, 11) is 0. The molecule has 1 aromatic rings. The second-order valence-corrected chi connectivity index (χ2v) is 5.31. The highest BCUT2D eigenvalue weighted by Gasteiger charge is 2.16. The molecule has 1 N–H and O–H groups in total. The van der Waals surface area contributed by atoms with Crippen molar-refractivity contribution >= 4 is 5.69 Å². The highest BCUT2D eigenvalue weighted by molar-refractivity contribution is 5.55. The van der Waals surface area contributed by atoms with Crippen molar-refractivity contribution in [2.24, 2.45) is 5.92 Å². The molecule has 2 heteroatoms. The van der Waals surface area contributed by atoms with E-state index in [1.807, 2.05) is 0 Å². The lowest BCUT2D eigenvalue weighted by atomic mass is 10.0. The highest BCUT2D eigenvalue weighted by atomic mass is 16.5. The zero-order chi connectivity index (χ0) is 11.5. The normalized spacial score (nSPS) is 19.8. The minimum Gasteiger partial charge on any atom is -0.493 e. The smallest absolute Gasteiger partial charge is 0.119 e. The van der Waals surface area contributed by atoms with Crippen molar-refractivity contribution in [2.45, 2.75) is 38.5 Å². The lowest BCUT2D eigenvalue weighted by Gasteiger charge is -2.19. The van der Waals surface area contributed by atoms with Crippen molar-refractivity contribution < 1.29 is 4.74 Å². The van der Waals surface area contributed by atoms with E-state index in [0.29, 0.717) is 0 Å². The SMILES string of the molecule is c1cc2c(cc1OCC1CCCC1)CCCN2. The lowest BCUT2D eigenvalue weighted by molar-refractivity contribution is 0.252. The molecule has 2 aliphatic rings. The van der Waals surface area contributed by atoms with Crippen molar-refractivity contribution in [3.05, 3.63) is 23.8 Å². The Morgan fingerprint density at radius 1 is 1.18 bits per heavy atom. The summed E-state index contributed by atoms with van der Waals surface area (Å²) in [5.41, 5.74) is 2.71. The van der Waals surface area contributed by atoms with Gasteiger partial charge in [-0.3, -0.25) is 0 Å². The van der Waals surface area contributed by atoms with Crippen LogP contribution in [0.3, 0.4) is 0 Å². The molecule has 1 fully saturated rings. The van der Waals surface area contributed by atoms with Crippen LogP contribution in [0.1, 0.15) is 37.7 Å². The van der Waals surface area contributed by atoms with Gasteiger partial charge >= 0.3 is 0 Å². The molecule has 1 aromatic carbocycles. The largest absolute Gasteiger partial charge is 0.493 e. The van der Waals surface area contributed by atoms with Gasteiger partial charge < -0.3 is 10.1 Å². The molecular weight excluding hydrogens is 210 g/mol. The lowest BCUT2D eigenvalue weighted by Crippen LogP contribution is -2.12. The topological polar surface area (TPSA) is 21.3 Å². The van der Waals surface area contributed by atoms with E-state index in [4.69, 9.17) is 4.74 Å². The quantitative estimate of drug-likeness (QED) is 0.858. The molecule has 1 aliphatic carbocycles. The van der Waals surface area contributed by atoms with Gasteiger partial charge in [0.05, 0.1) is 6.61 Å². The number of aryl methyl sites for hydroxylation is 1. The zero-order valence-electron chi connectivity index (χ0n) is 10.4. The van der Waals surface area contributed by atoms with Crippen LogP contribution in [0, 0.1) is 5.92 Å². The van der Waals surface area contributed by atoms with Crippen LogP contribution in [0.15, 0.2) is 18.2 Å². The Kier molecular flexibility index (Phi) is 3.21. The van der Waals surface area contributed by atoms with Gasteiger partial charge in [0.15, 0.2) is 0 Å². The Bertz CT molecular complexity index is 383. The van der Waals surface area contributed by atoms with E-state index in [2.05, 4.69) is 23.5 Å². The third kappa shape index (κ3) is 2.56. The molecule has 0 atom stereocenters. The number of hydrogen-bond acceptors (Lipinski definition) is 2. The van der Waals surface area contributed by atoms with Gasteiger partial charge in [-0.05, 0) is 55.4 Å². The first kappa shape index (κ1) is 10.9. The number of hydrogen-bond donors (Lipinski definition) is 1. The predicted molar refractivity (Wildman–Crippen MR) is 70.7 cm³/mol. The molecule has 0 bridgehead atoms. The monoisotopic (exact) mass is 231 g/mol. The van der Waals surface area contributed by atoms with Crippen LogP contribution in [0.4, 0.5) is 5.69 Å². The molecule has 0 saturated heterocycles. The molecule has 1 heterocycles. The number of ether oxygens (including phenoxy) is 1. The Morgan fingerprint density at radius 3 is 2.94 bits per heavy atom.